The molecule has 3 rings (SSSR count). The third-order valence-electron chi connectivity index (χ3n) is 3.87. The molecule has 1 aromatic heterocycles. The molecule has 1 aliphatic heterocycles. The van der Waals surface area contributed by atoms with E-state index >= 15 is 0 Å². The zero-order valence-corrected chi connectivity index (χ0v) is 11.4. The molecule has 1 aromatic carbocycles. The Morgan fingerprint density at radius 1 is 1.43 bits per heavy atom. The van der Waals surface area contributed by atoms with E-state index in [-0.39, 0.29) is 19.1 Å². The van der Waals surface area contributed by atoms with Gasteiger partial charge in [0.15, 0.2) is 0 Å². The van der Waals surface area contributed by atoms with Crippen LogP contribution in [0.3, 0.4) is 0 Å². The van der Waals surface area contributed by atoms with Gasteiger partial charge in [0.25, 0.3) is 5.91 Å². The zero-order chi connectivity index (χ0) is 15.0. The van der Waals surface area contributed by atoms with E-state index in [0.29, 0.717) is 5.56 Å². The van der Waals surface area contributed by atoms with Crippen LogP contribution in [0.5, 0.6) is 0 Å². The normalized spacial score (nSPS) is 21.6. The van der Waals surface area contributed by atoms with E-state index in [4.69, 9.17) is 9.84 Å². The fourth-order valence-electron chi connectivity index (χ4n) is 2.58. The van der Waals surface area contributed by atoms with E-state index in [1.165, 1.54) is 4.90 Å². The quantitative estimate of drug-likeness (QED) is 0.868. The second-order valence-electron chi connectivity index (χ2n) is 5.14. The summed E-state index contributed by atoms with van der Waals surface area (Å²) in [5.41, 5.74) is 1.26. The van der Waals surface area contributed by atoms with Gasteiger partial charge in [-0.25, -0.2) is 0 Å². The minimum Gasteiger partial charge on any atom is -0.481 e. The summed E-state index contributed by atoms with van der Waals surface area (Å²) in [7, 11) is 1.61. The molecule has 1 fully saturated rings. The number of nitrogens with zero attached hydrogens (tertiary/aromatic N) is 2. The van der Waals surface area contributed by atoms with Crippen molar-refractivity contribution in [2.75, 3.05) is 20.3 Å². The van der Waals surface area contributed by atoms with E-state index in [1.54, 1.807) is 31.4 Å². The molecule has 2 atom stereocenters. The highest BCUT2D eigenvalue weighted by Gasteiger charge is 2.38. The van der Waals surface area contributed by atoms with Gasteiger partial charge in [0, 0.05) is 18.0 Å². The average molecular weight is 289 g/mol. The van der Waals surface area contributed by atoms with Gasteiger partial charge < -0.3 is 14.7 Å². The molecule has 0 aliphatic carbocycles. The molecule has 1 amide bonds. The molecule has 2 N–H and O–H groups in total. The molecule has 2 unspecified atom stereocenters. The molecular formula is C14H15N3O4. The van der Waals surface area contributed by atoms with E-state index in [2.05, 4.69) is 10.2 Å². The molecule has 110 valence electrons. The lowest BCUT2D eigenvalue weighted by Gasteiger charge is -2.26. The lowest BCUT2D eigenvalue weighted by molar-refractivity contribution is -0.142. The standard InChI is InChI=1S/C14H15N3O4/c1-17(12-7-21-6-10(12)14(19)20)13(18)8-2-3-9-5-15-16-11(9)4-8/h2-5,10,12H,6-7H2,1H3,(H,15,16)(H,19,20). The SMILES string of the molecule is CN(C(=O)c1ccc2cn[nH]c2c1)C1COCC1C(=O)O. The topological polar surface area (TPSA) is 95.5 Å². The molecule has 2 heterocycles. The van der Waals surface area contributed by atoms with Crippen LogP contribution in [-0.4, -0.2) is 58.4 Å². The largest absolute Gasteiger partial charge is 0.481 e. The van der Waals surface area contributed by atoms with Gasteiger partial charge in [0.05, 0.1) is 31.0 Å². The van der Waals surface area contributed by atoms with Crippen molar-refractivity contribution in [2.45, 2.75) is 6.04 Å². The van der Waals surface area contributed by atoms with Crippen LogP contribution in [-0.2, 0) is 9.53 Å². The molecule has 7 nitrogen and oxygen atoms in total. The van der Waals surface area contributed by atoms with Gasteiger partial charge in [0.2, 0.25) is 0 Å². The number of rotatable bonds is 3. The molecule has 0 saturated carbocycles. The minimum atomic E-state index is -0.943. The maximum atomic E-state index is 12.5. The molecule has 1 saturated heterocycles. The summed E-state index contributed by atoms with van der Waals surface area (Å²) in [6.07, 6.45) is 1.68. The number of carbonyl (C=O) groups excluding carboxylic acids is 1. The van der Waals surface area contributed by atoms with Crippen LogP contribution in [0.4, 0.5) is 0 Å². The summed E-state index contributed by atoms with van der Waals surface area (Å²) < 4.78 is 5.21. The number of carboxylic acids is 1. The highest BCUT2D eigenvalue weighted by atomic mass is 16.5. The van der Waals surface area contributed by atoms with Crippen LogP contribution >= 0.6 is 0 Å². The Kier molecular flexibility index (Phi) is 3.34. The number of ether oxygens (including phenoxy) is 1. The Bertz CT molecular complexity index is 696. The monoisotopic (exact) mass is 289 g/mol. The van der Waals surface area contributed by atoms with Gasteiger partial charge in [-0.05, 0) is 12.1 Å². The van der Waals surface area contributed by atoms with Crippen molar-refractivity contribution in [1.82, 2.24) is 15.1 Å². The van der Waals surface area contributed by atoms with Crippen LogP contribution in [0.2, 0.25) is 0 Å². The Hall–Kier alpha value is -2.41. The summed E-state index contributed by atoms with van der Waals surface area (Å²) in [6.45, 7) is 0.378. The van der Waals surface area contributed by atoms with Gasteiger partial charge in [-0.1, -0.05) is 6.07 Å². The molecule has 0 spiro atoms. The van der Waals surface area contributed by atoms with Crippen LogP contribution in [0.25, 0.3) is 10.9 Å². The summed E-state index contributed by atoms with van der Waals surface area (Å²) in [5, 5.41) is 16.8. The Morgan fingerprint density at radius 2 is 2.24 bits per heavy atom. The smallest absolute Gasteiger partial charge is 0.311 e. The number of H-pyrrole nitrogens is 1. The lowest BCUT2D eigenvalue weighted by Crippen LogP contribution is -2.44. The van der Waals surface area contributed by atoms with Gasteiger partial charge >= 0.3 is 5.97 Å². The summed E-state index contributed by atoms with van der Waals surface area (Å²) in [6, 6.07) is 4.78. The number of likely N-dealkylation sites (N-methyl/N-ethyl adjacent to an activating group) is 1. The Labute approximate surface area is 120 Å². The second kappa shape index (κ2) is 5.17. The summed E-state index contributed by atoms with van der Waals surface area (Å²) in [4.78, 5) is 25.1. The van der Waals surface area contributed by atoms with Gasteiger partial charge in [-0.2, -0.15) is 5.10 Å². The van der Waals surface area contributed by atoms with E-state index in [0.717, 1.165) is 10.9 Å². The van der Waals surface area contributed by atoms with E-state index in [9.17, 15) is 9.59 Å². The highest BCUT2D eigenvalue weighted by Crippen LogP contribution is 2.22. The number of benzene rings is 1. The third-order valence-corrected chi connectivity index (χ3v) is 3.87. The van der Waals surface area contributed by atoms with Crippen LogP contribution in [0.1, 0.15) is 10.4 Å². The number of hydrogen-bond donors (Lipinski definition) is 2. The predicted molar refractivity (Wildman–Crippen MR) is 73.9 cm³/mol. The van der Waals surface area contributed by atoms with Crippen molar-refractivity contribution in [3.63, 3.8) is 0 Å². The maximum Gasteiger partial charge on any atom is 0.311 e. The minimum absolute atomic E-state index is 0.136. The molecule has 7 heteroatoms. The highest BCUT2D eigenvalue weighted by molar-refractivity contribution is 5.98. The fraction of sp³-hybridized carbons (Fsp3) is 0.357. The number of hydrogen-bond acceptors (Lipinski definition) is 4. The van der Waals surface area contributed by atoms with Crippen molar-refractivity contribution >= 4 is 22.8 Å². The lowest BCUT2D eigenvalue weighted by atomic mass is 10.0. The fourth-order valence-corrected chi connectivity index (χ4v) is 2.58. The van der Waals surface area contributed by atoms with Crippen molar-refractivity contribution < 1.29 is 19.4 Å². The first-order valence-electron chi connectivity index (χ1n) is 6.59. The first-order valence-corrected chi connectivity index (χ1v) is 6.59. The molecule has 0 radical (unpaired) electrons. The van der Waals surface area contributed by atoms with E-state index in [1.807, 2.05) is 0 Å². The summed E-state index contributed by atoms with van der Waals surface area (Å²) >= 11 is 0. The molecular weight excluding hydrogens is 274 g/mol. The van der Waals surface area contributed by atoms with Crippen LogP contribution < -0.4 is 0 Å². The number of carbonyl (C=O) groups is 2. The Balaban J connectivity index is 1.84. The zero-order valence-electron chi connectivity index (χ0n) is 11.4. The van der Waals surface area contributed by atoms with Crippen molar-refractivity contribution in [3.8, 4) is 0 Å². The third kappa shape index (κ3) is 2.36. The number of amides is 1. The van der Waals surface area contributed by atoms with Gasteiger partial charge in [-0.3, -0.25) is 14.7 Å². The van der Waals surface area contributed by atoms with Gasteiger partial charge in [-0.15, -0.1) is 0 Å². The number of aromatic amines is 1. The number of aromatic nitrogens is 2. The molecule has 21 heavy (non-hydrogen) atoms. The number of aliphatic carboxylic acids is 1. The average Bonchev–Trinajstić information content (AvgIpc) is 3.13. The van der Waals surface area contributed by atoms with E-state index < -0.39 is 17.9 Å². The molecule has 1 aliphatic rings. The number of carboxylic acid groups (broad SMARTS) is 1. The number of fused-ring (bicyclic) bond motifs is 1. The predicted octanol–water partition coefficient (Wildman–Crippen LogP) is 0.734. The second-order valence-corrected chi connectivity index (χ2v) is 5.14. The maximum absolute atomic E-state index is 12.5. The molecule has 0 bridgehead atoms. The first kappa shape index (κ1) is 13.6. The molecule has 2 aromatic rings. The van der Waals surface area contributed by atoms with Crippen LogP contribution in [0.15, 0.2) is 24.4 Å². The van der Waals surface area contributed by atoms with Crippen molar-refractivity contribution in [2.24, 2.45) is 5.92 Å². The van der Waals surface area contributed by atoms with Crippen molar-refractivity contribution in [3.05, 3.63) is 30.0 Å². The van der Waals surface area contributed by atoms with Crippen LogP contribution in [0, 0.1) is 5.92 Å². The van der Waals surface area contributed by atoms with Crippen molar-refractivity contribution in [1.29, 1.82) is 0 Å². The van der Waals surface area contributed by atoms with Gasteiger partial charge in [0.1, 0.15) is 5.92 Å². The number of nitrogens with one attached hydrogen (secondary N) is 1. The Morgan fingerprint density at radius 3 is 3.00 bits per heavy atom. The first-order chi connectivity index (χ1) is 10.1. The summed E-state index contributed by atoms with van der Waals surface area (Å²) in [5.74, 6) is -1.86.